The van der Waals surface area contributed by atoms with Gasteiger partial charge in [0.1, 0.15) is 12.4 Å². The standard InChI is InChI=1S/C19H28N4O4/c1-5-20-19(22-12-18-23-13(2)14(3)27-18)21-11-15-6-7-16(26-9-8-24)17(10-15)25-4/h6-7,10,24H,5,8-9,11-12H2,1-4H3,(H2,20,21,22). The second kappa shape index (κ2) is 10.4. The molecular weight excluding hydrogens is 348 g/mol. The van der Waals surface area contributed by atoms with E-state index in [2.05, 4.69) is 20.6 Å². The summed E-state index contributed by atoms with van der Waals surface area (Å²) in [7, 11) is 1.58. The number of rotatable bonds is 9. The van der Waals surface area contributed by atoms with E-state index < -0.39 is 0 Å². The Morgan fingerprint density at radius 3 is 2.70 bits per heavy atom. The maximum atomic E-state index is 8.88. The molecule has 8 nitrogen and oxygen atoms in total. The van der Waals surface area contributed by atoms with E-state index in [1.807, 2.05) is 39.0 Å². The molecule has 1 aromatic carbocycles. The van der Waals surface area contributed by atoms with Gasteiger partial charge in [0, 0.05) is 6.54 Å². The summed E-state index contributed by atoms with van der Waals surface area (Å²) >= 11 is 0. The molecule has 0 saturated heterocycles. The molecule has 2 aromatic rings. The third kappa shape index (κ3) is 6.18. The van der Waals surface area contributed by atoms with Crippen LogP contribution in [0.15, 0.2) is 27.6 Å². The maximum absolute atomic E-state index is 8.88. The van der Waals surface area contributed by atoms with Gasteiger partial charge in [-0.2, -0.15) is 0 Å². The molecule has 0 unspecified atom stereocenters. The number of hydrogen-bond acceptors (Lipinski definition) is 6. The minimum Gasteiger partial charge on any atom is -0.493 e. The number of hydrogen-bond donors (Lipinski definition) is 3. The van der Waals surface area contributed by atoms with Crippen molar-refractivity contribution in [2.75, 3.05) is 26.9 Å². The lowest BCUT2D eigenvalue weighted by atomic mass is 10.2. The molecule has 0 fully saturated rings. The van der Waals surface area contributed by atoms with Gasteiger partial charge >= 0.3 is 0 Å². The number of nitrogens with one attached hydrogen (secondary N) is 2. The first-order chi connectivity index (χ1) is 13.1. The van der Waals surface area contributed by atoms with Crippen LogP contribution < -0.4 is 20.1 Å². The topological polar surface area (TPSA) is 101 Å². The van der Waals surface area contributed by atoms with Crippen LogP contribution in [0.25, 0.3) is 0 Å². The Morgan fingerprint density at radius 2 is 2.07 bits per heavy atom. The quantitative estimate of drug-likeness (QED) is 0.454. The summed E-state index contributed by atoms with van der Waals surface area (Å²) in [5.74, 6) is 3.33. The summed E-state index contributed by atoms with van der Waals surface area (Å²) in [5, 5.41) is 15.3. The molecule has 8 heteroatoms. The number of aryl methyl sites for hydroxylation is 2. The molecule has 2 rings (SSSR count). The van der Waals surface area contributed by atoms with Crippen molar-refractivity contribution in [3.05, 3.63) is 41.1 Å². The van der Waals surface area contributed by atoms with Gasteiger partial charge in [-0.25, -0.2) is 9.98 Å². The fraction of sp³-hybridized carbons (Fsp3) is 0.474. The molecule has 1 aromatic heterocycles. The van der Waals surface area contributed by atoms with Crippen molar-refractivity contribution in [3.63, 3.8) is 0 Å². The van der Waals surface area contributed by atoms with E-state index in [0.717, 1.165) is 23.6 Å². The second-order valence-corrected chi connectivity index (χ2v) is 5.86. The van der Waals surface area contributed by atoms with E-state index >= 15 is 0 Å². The Morgan fingerprint density at radius 1 is 1.26 bits per heavy atom. The van der Waals surface area contributed by atoms with Crippen LogP contribution in [0.5, 0.6) is 11.5 Å². The lowest BCUT2D eigenvalue weighted by Gasteiger charge is -2.12. The molecule has 0 amide bonds. The van der Waals surface area contributed by atoms with Gasteiger partial charge in [0.15, 0.2) is 17.5 Å². The van der Waals surface area contributed by atoms with E-state index in [1.54, 1.807) is 7.11 Å². The largest absolute Gasteiger partial charge is 0.493 e. The monoisotopic (exact) mass is 376 g/mol. The van der Waals surface area contributed by atoms with Crippen LogP contribution in [0, 0.1) is 13.8 Å². The SMILES string of the molecule is CCNC(=NCc1ccc(OCCO)c(OC)c1)NCc1nc(C)c(C)o1. The Kier molecular flexibility index (Phi) is 7.94. The van der Waals surface area contributed by atoms with Crippen molar-refractivity contribution >= 4 is 5.96 Å². The number of aliphatic hydroxyl groups excluding tert-OH is 1. The van der Waals surface area contributed by atoms with Gasteiger partial charge in [0.2, 0.25) is 5.89 Å². The minimum atomic E-state index is -0.0451. The van der Waals surface area contributed by atoms with Crippen LogP contribution in [-0.2, 0) is 13.1 Å². The van der Waals surface area contributed by atoms with Gasteiger partial charge in [0.25, 0.3) is 0 Å². The van der Waals surface area contributed by atoms with Crippen molar-refractivity contribution in [2.24, 2.45) is 4.99 Å². The zero-order valence-corrected chi connectivity index (χ0v) is 16.3. The molecule has 27 heavy (non-hydrogen) atoms. The van der Waals surface area contributed by atoms with Gasteiger partial charge in [-0.3, -0.25) is 0 Å². The van der Waals surface area contributed by atoms with Crippen LogP contribution in [0.2, 0.25) is 0 Å². The van der Waals surface area contributed by atoms with E-state index in [0.29, 0.717) is 36.4 Å². The highest BCUT2D eigenvalue weighted by molar-refractivity contribution is 5.79. The third-order valence-electron chi connectivity index (χ3n) is 3.82. The van der Waals surface area contributed by atoms with Crippen LogP contribution in [0.4, 0.5) is 0 Å². The molecule has 0 radical (unpaired) electrons. The van der Waals surface area contributed by atoms with Crippen LogP contribution >= 0.6 is 0 Å². The number of oxazole rings is 1. The van der Waals surface area contributed by atoms with Crippen LogP contribution in [0.1, 0.15) is 29.8 Å². The molecule has 1 heterocycles. The number of aliphatic hydroxyl groups is 1. The van der Waals surface area contributed by atoms with Crippen molar-refractivity contribution in [1.29, 1.82) is 0 Å². The first kappa shape index (κ1) is 20.6. The number of aliphatic imine (C=N–C) groups is 1. The van der Waals surface area contributed by atoms with Gasteiger partial charge in [-0.15, -0.1) is 0 Å². The lowest BCUT2D eigenvalue weighted by Crippen LogP contribution is -2.36. The Labute approximate surface area is 159 Å². The average molecular weight is 376 g/mol. The molecular formula is C19H28N4O4. The molecule has 0 saturated carbocycles. The summed E-state index contributed by atoms with van der Waals surface area (Å²) in [4.78, 5) is 8.94. The summed E-state index contributed by atoms with van der Waals surface area (Å²) in [6.07, 6.45) is 0. The maximum Gasteiger partial charge on any atom is 0.214 e. The van der Waals surface area contributed by atoms with E-state index in [-0.39, 0.29) is 13.2 Å². The fourth-order valence-corrected chi connectivity index (χ4v) is 2.37. The Bertz CT molecular complexity index is 739. The molecule has 0 aliphatic carbocycles. The molecule has 0 aliphatic rings. The van der Waals surface area contributed by atoms with Crippen molar-refractivity contribution in [3.8, 4) is 11.5 Å². The number of methoxy groups -OCH3 is 1. The summed E-state index contributed by atoms with van der Waals surface area (Å²) in [5.41, 5.74) is 1.87. The van der Waals surface area contributed by atoms with Gasteiger partial charge < -0.3 is 29.6 Å². The Balaban J connectivity index is 2.02. The zero-order valence-electron chi connectivity index (χ0n) is 16.3. The molecule has 0 aliphatic heterocycles. The smallest absolute Gasteiger partial charge is 0.214 e. The third-order valence-corrected chi connectivity index (χ3v) is 3.82. The van der Waals surface area contributed by atoms with E-state index in [4.69, 9.17) is 19.0 Å². The Hall–Kier alpha value is -2.74. The number of ether oxygens (including phenoxy) is 2. The van der Waals surface area contributed by atoms with Crippen molar-refractivity contribution in [2.45, 2.75) is 33.9 Å². The predicted octanol–water partition coefficient (Wildman–Crippen LogP) is 1.93. The van der Waals surface area contributed by atoms with Crippen LogP contribution in [-0.4, -0.2) is 42.9 Å². The zero-order chi connectivity index (χ0) is 19.6. The van der Waals surface area contributed by atoms with Crippen LogP contribution in [0.3, 0.4) is 0 Å². The predicted molar refractivity (Wildman–Crippen MR) is 103 cm³/mol. The second-order valence-electron chi connectivity index (χ2n) is 5.86. The highest BCUT2D eigenvalue weighted by atomic mass is 16.5. The summed E-state index contributed by atoms with van der Waals surface area (Å²) in [6, 6.07) is 5.61. The molecule has 3 N–H and O–H groups in total. The number of guanidine groups is 1. The van der Waals surface area contributed by atoms with Gasteiger partial charge in [-0.05, 0) is 38.5 Å². The van der Waals surface area contributed by atoms with E-state index in [1.165, 1.54) is 0 Å². The molecule has 148 valence electrons. The molecule has 0 bridgehead atoms. The van der Waals surface area contributed by atoms with Gasteiger partial charge in [0.05, 0.1) is 32.5 Å². The van der Waals surface area contributed by atoms with E-state index in [9.17, 15) is 0 Å². The number of aromatic nitrogens is 1. The number of nitrogens with zero attached hydrogens (tertiary/aromatic N) is 2. The number of benzene rings is 1. The fourth-order valence-electron chi connectivity index (χ4n) is 2.37. The van der Waals surface area contributed by atoms with Gasteiger partial charge in [-0.1, -0.05) is 6.07 Å². The average Bonchev–Trinajstić information content (AvgIpc) is 3.00. The molecule has 0 atom stereocenters. The highest BCUT2D eigenvalue weighted by Crippen LogP contribution is 2.28. The first-order valence-corrected chi connectivity index (χ1v) is 8.93. The van der Waals surface area contributed by atoms with Crippen molar-refractivity contribution < 1.29 is 19.0 Å². The normalized spacial score (nSPS) is 11.4. The lowest BCUT2D eigenvalue weighted by molar-refractivity contribution is 0.196. The first-order valence-electron chi connectivity index (χ1n) is 8.93. The highest BCUT2D eigenvalue weighted by Gasteiger charge is 2.08. The minimum absolute atomic E-state index is 0.0451. The summed E-state index contributed by atoms with van der Waals surface area (Å²) < 4.78 is 16.4. The summed E-state index contributed by atoms with van der Waals surface area (Å²) in [6.45, 7) is 7.67. The van der Waals surface area contributed by atoms with Crippen molar-refractivity contribution in [1.82, 2.24) is 15.6 Å². The molecule has 0 spiro atoms.